The van der Waals surface area contributed by atoms with Crippen molar-refractivity contribution in [2.45, 2.75) is 31.1 Å². The summed E-state index contributed by atoms with van der Waals surface area (Å²) < 4.78 is 40.3. The lowest BCUT2D eigenvalue weighted by Crippen LogP contribution is -2.35. The second-order valence-electron chi connectivity index (χ2n) is 7.70. The van der Waals surface area contributed by atoms with Crippen LogP contribution in [0.15, 0.2) is 52.0 Å². The summed E-state index contributed by atoms with van der Waals surface area (Å²) >= 11 is 0. The molecule has 0 aliphatic carbocycles. The largest absolute Gasteiger partial charge is 0.495 e. The van der Waals surface area contributed by atoms with E-state index < -0.39 is 15.9 Å². The summed E-state index contributed by atoms with van der Waals surface area (Å²) in [6.45, 7) is 2.53. The van der Waals surface area contributed by atoms with E-state index in [-0.39, 0.29) is 33.4 Å². The highest BCUT2D eigenvalue weighted by molar-refractivity contribution is 7.89. The number of amides is 1. The monoisotopic (exact) mass is 468 g/mol. The molecule has 1 aliphatic rings. The van der Waals surface area contributed by atoms with Crippen LogP contribution in [0.4, 0.5) is 5.69 Å². The van der Waals surface area contributed by atoms with Crippen molar-refractivity contribution in [1.82, 2.24) is 8.87 Å². The molecule has 10 heteroatoms. The number of furan rings is 1. The van der Waals surface area contributed by atoms with Crippen LogP contribution in [0.5, 0.6) is 5.75 Å². The third kappa shape index (κ3) is 4.25. The third-order valence-electron chi connectivity index (χ3n) is 5.62. The van der Waals surface area contributed by atoms with E-state index in [1.807, 2.05) is 6.07 Å². The first-order chi connectivity index (χ1) is 15.9. The minimum atomic E-state index is -3.70. The zero-order valence-corrected chi connectivity index (χ0v) is 19.2. The lowest BCUT2D eigenvalue weighted by atomic mass is 10.1. The van der Waals surface area contributed by atoms with Crippen molar-refractivity contribution >= 4 is 21.6 Å². The number of ether oxygens (including phenoxy) is 1. The predicted molar refractivity (Wildman–Crippen MR) is 121 cm³/mol. The number of hydrogen-bond donors (Lipinski definition) is 1. The Morgan fingerprint density at radius 2 is 1.88 bits per heavy atom. The van der Waals surface area contributed by atoms with Crippen molar-refractivity contribution in [2.75, 3.05) is 25.5 Å². The van der Waals surface area contributed by atoms with Crippen LogP contribution in [0.1, 0.15) is 40.9 Å². The zero-order chi connectivity index (χ0) is 23.6. The zero-order valence-electron chi connectivity index (χ0n) is 18.4. The van der Waals surface area contributed by atoms with Crippen LogP contribution in [0, 0.1) is 18.3 Å². The van der Waals surface area contributed by atoms with E-state index in [0.29, 0.717) is 18.8 Å². The first-order valence-electron chi connectivity index (χ1n) is 10.5. The fraction of sp³-hybridized carbons (Fsp3) is 0.304. The molecule has 4 rings (SSSR count). The number of anilines is 1. The first-order valence-corrected chi connectivity index (χ1v) is 12.0. The standard InChI is InChI=1S/C23H24N4O5S/c1-16-21(18(15-24)23(32-16)26-10-6-7-11-26)22(28)25-19-14-17(8-9-20(19)31-2)33(29,30)27-12-4-3-5-13-27/h6-11,14H,3-5,12-13H2,1-2H3,(H,25,28). The van der Waals surface area contributed by atoms with Gasteiger partial charge in [0.2, 0.25) is 15.9 Å². The van der Waals surface area contributed by atoms with Gasteiger partial charge in [-0.15, -0.1) is 0 Å². The Kier molecular flexibility index (Phi) is 6.26. The van der Waals surface area contributed by atoms with Gasteiger partial charge in [-0.1, -0.05) is 6.42 Å². The number of sulfonamides is 1. The molecule has 1 aromatic carbocycles. The highest BCUT2D eigenvalue weighted by atomic mass is 32.2. The molecule has 9 nitrogen and oxygen atoms in total. The summed E-state index contributed by atoms with van der Waals surface area (Å²) in [5.74, 6) is 0.200. The molecule has 1 fully saturated rings. The second-order valence-corrected chi connectivity index (χ2v) is 9.63. The average Bonchev–Trinajstić information content (AvgIpc) is 3.47. The molecule has 1 aliphatic heterocycles. The highest BCUT2D eigenvalue weighted by Crippen LogP contribution is 2.32. The molecule has 0 unspecified atom stereocenters. The molecule has 0 atom stereocenters. The molecular weight excluding hydrogens is 444 g/mol. The topological polar surface area (TPSA) is 118 Å². The SMILES string of the molecule is COc1ccc(S(=O)(=O)N2CCCCC2)cc1NC(=O)c1c(C)oc(-n2cccc2)c1C#N. The van der Waals surface area contributed by atoms with Gasteiger partial charge < -0.3 is 14.5 Å². The number of benzene rings is 1. The lowest BCUT2D eigenvalue weighted by Gasteiger charge is -2.26. The molecule has 0 spiro atoms. The van der Waals surface area contributed by atoms with Crippen LogP contribution < -0.4 is 10.1 Å². The maximum atomic E-state index is 13.2. The van der Waals surface area contributed by atoms with E-state index in [0.717, 1.165) is 19.3 Å². The van der Waals surface area contributed by atoms with Crippen LogP contribution >= 0.6 is 0 Å². The van der Waals surface area contributed by atoms with Gasteiger partial charge in [-0.3, -0.25) is 9.36 Å². The lowest BCUT2D eigenvalue weighted by molar-refractivity contribution is 0.102. The van der Waals surface area contributed by atoms with E-state index in [9.17, 15) is 18.5 Å². The van der Waals surface area contributed by atoms with Gasteiger partial charge >= 0.3 is 0 Å². The Morgan fingerprint density at radius 3 is 2.52 bits per heavy atom. The number of carbonyl (C=O) groups excluding carboxylic acids is 1. The average molecular weight is 469 g/mol. The van der Waals surface area contributed by atoms with Gasteiger partial charge in [-0.2, -0.15) is 9.57 Å². The van der Waals surface area contributed by atoms with Crippen LogP contribution in [-0.2, 0) is 10.0 Å². The summed E-state index contributed by atoms with van der Waals surface area (Å²) in [6.07, 6.45) is 6.06. The Bertz CT molecular complexity index is 1310. The van der Waals surface area contributed by atoms with Gasteiger partial charge in [0.25, 0.3) is 5.91 Å². The van der Waals surface area contributed by atoms with E-state index in [4.69, 9.17) is 9.15 Å². The van der Waals surface area contributed by atoms with Crippen molar-refractivity contribution in [1.29, 1.82) is 5.26 Å². The first kappa shape index (κ1) is 22.6. The number of aryl methyl sites for hydroxylation is 1. The van der Waals surface area contributed by atoms with Crippen LogP contribution in [-0.4, -0.2) is 43.4 Å². The van der Waals surface area contributed by atoms with Crippen LogP contribution in [0.3, 0.4) is 0 Å². The predicted octanol–water partition coefficient (Wildman–Crippen LogP) is 3.69. The van der Waals surface area contributed by atoms with Crippen LogP contribution in [0.2, 0.25) is 0 Å². The highest BCUT2D eigenvalue weighted by Gasteiger charge is 2.28. The third-order valence-corrected chi connectivity index (χ3v) is 7.51. The molecule has 1 N–H and O–H groups in total. The minimum absolute atomic E-state index is 0.0675. The van der Waals surface area contributed by atoms with E-state index >= 15 is 0 Å². The number of rotatable bonds is 6. The Balaban J connectivity index is 1.69. The number of nitrogens with one attached hydrogen (secondary N) is 1. The molecule has 2 aromatic heterocycles. The maximum absolute atomic E-state index is 13.2. The molecule has 0 radical (unpaired) electrons. The molecule has 0 bridgehead atoms. The molecule has 1 amide bonds. The van der Waals surface area contributed by atoms with Crippen molar-refractivity contribution < 1.29 is 22.4 Å². The molecule has 0 saturated carbocycles. The van der Waals surface area contributed by atoms with Crippen molar-refractivity contribution in [3.05, 3.63) is 59.6 Å². The molecular formula is C23H24N4O5S. The van der Waals surface area contributed by atoms with Gasteiger partial charge in [-0.05, 0) is 50.1 Å². The molecule has 3 heterocycles. The number of nitriles is 1. The molecule has 172 valence electrons. The maximum Gasteiger partial charge on any atom is 0.260 e. The van der Waals surface area contributed by atoms with Gasteiger partial charge in [0.05, 0.1) is 17.7 Å². The van der Waals surface area contributed by atoms with E-state index in [2.05, 4.69) is 5.32 Å². The summed E-state index contributed by atoms with van der Waals surface area (Å²) in [5.41, 5.74) is 0.345. The van der Waals surface area contributed by atoms with Crippen molar-refractivity contribution in [3.63, 3.8) is 0 Å². The second kappa shape index (κ2) is 9.13. The summed E-state index contributed by atoms with van der Waals surface area (Å²) in [4.78, 5) is 13.2. The number of piperidine rings is 1. The Hall–Kier alpha value is -3.55. The summed E-state index contributed by atoms with van der Waals surface area (Å²) in [7, 11) is -2.28. The van der Waals surface area contributed by atoms with Gasteiger partial charge in [0.15, 0.2) is 0 Å². The number of carbonyl (C=O) groups is 1. The normalized spacial score (nSPS) is 14.6. The fourth-order valence-electron chi connectivity index (χ4n) is 3.94. The minimum Gasteiger partial charge on any atom is -0.495 e. The number of nitrogens with zero attached hydrogens (tertiary/aromatic N) is 3. The molecule has 1 saturated heterocycles. The fourth-order valence-corrected chi connectivity index (χ4v) is 5.49. The van der Waals surface area contributed by atoms with Gasteiger partial charge in [-0.25, -0.2) is 8.42 Å². The molecule has 3 aromatic rings. The summed E-state index contributed by atoms with van der Waals surface area (Å²) in [5, 5.41) is 12.4. The van der Waals surface area contributed by atoms with Crippen LogP contribution in [0.25, 0.3) is 5.88 Å². The number of aromatic nitrogens is 1. The van der Waals surface area contributed by atoms with Crippen molar-refractivity contribution in [2.24, 2.45) is 0 Å². The van der Waals surface area contributed by atoms with E-state index in [1.54, 1.807) is 36.0 Å². The number of hydrogen-bond acceptors (Lipinski definition) is 6. The van der Waals surface area contributed by atoms with E-state index in [1.165, 1.54) is 29.6 Å². The molecule has 33 heavy (non-hydrogen) atoms. The van der Waals surface area contributed by atoms with Crippen molar-refractivity contribution in [3.8, 4) is 17.7 Å². The van der Waals surface area contributed by atoms with Gasteiger partial charge in [0.1, 0.15) is 28.7 Å². The van der Waals surface area contributed by atoms with Gasteiger partial charge in [0, 0.05) is 25.5 Å². The smallest absolute Gasteiger partial charge is 0.260 e. The Labute approximate surface area is 192 Å². The Morgan fingerprint density at radius 1 is 1.18 bits per heavy atom. The number of methoxy groups -OCH3 is 1. The quantitative estimate of drug-likeness (QED) is 0.590. The summed E-state index contributed by atoms with van der Waals surface area (Å²) in [6, 6.07) is 9.94.